The second kappa shape index (κ2) is 9.04. The molecule has 1 aliphatic rings. The highest BCUT2D eigenvalue weighted by Crippen LogP contribution is 2.31. The van der Waals surface area contributed by atoms with Gasteiger partial charge in [0.2, 0.25) is 0 Å². The van der Waals surface area contributed by atoms with Gasteiger partial charge in [-0.05, 0) is 57.9 Å². The number of hydrogen-bond donors (Lipinski definition) is 1. The van der Waals surface area contributed by atoms with Gasteiger partial charge in [-0.15, -0.1) is 0 Å². The van der Waals surface area contributed by atoms with Gasteiger partial charge in [-0.3, -0.25) is 4.90 Å². The van der Waals surface area contributed by atoms with E-state index in [1.807, 2.05) is 0 Å². The maximum atomic E-state index is 3.83. The van der Waals surface area contributed by atoms with Gasteiger partial charge in [-0.1, -0.05) is 34.1 Å². The predicted octanol–water partition coefficient (Wildman–Crippen LogP) is 4.30. The fourth-order valence-corrected chi connectivity index (χ4v) is 3.69. The molecule has 1 N–H and O–H groups in total. The molecule has 0 aromatic carbocycles. The van der Waals surface area contributed by atoms with Crippen molar-refractivity contribution in [3.8, 4) is 0 Å². The van der Waals surface area contributed by atoms with Gasteiger partial charge in [0, 0.05) is 24.7 Å². The van der Waals surface area contributed by atoms with E-state index in [-0.39, 0.29) is 0 Å². The Morgan fingerprint density at radius 3 is 2.30 bits per heavy atom. The summed E-state index contributed by atoms with van der Waals surface area (Å²) in [5.74, 6) is 1.69. The largest absolute Gasteiger partial charge is 0.312 e. The second-order valence-electron chi connectivity index (χ2n) is 7.40. The Morgan fingerprint density at radius 1 is 1.10 bits per heavy atom. The van der Waals surface area contributed by atoms with Crippen LogP contribution in [-0.2, 0) is 0 Å². The third kappa shape index (κ3) is 5.37. The fourth-order valence-electron chi connectivity index (χ4n) is 3.69. The van der Waals surface area contributed by atoms with Gasteiger partial charge in [0.1, 0.15) is 0 Å². The van der Waals surface area contributed by atoms with Crippen molar-refractivity contribution in [1.29, 1.82) is 0 Å². The highest BCUT2D eigenvalue weighted by molar-refractivity contribution is 4.92. The summed E-state index contributed by atoms with van der Waals surface area (Å²) >= 11 is 0. The lowest BCUT2D eigenvalue weighted by Crippen LogP contribution is -2.56. The molecule has 20 heavy (non-hydrogen) atoms. The summed E-state index contributed by atoms with van der Waals surface area (Å²) in [6.45, 7) is 16.5. The molecule has 1 saturated carbocycles. The first kappa shape index (κ1) is 18.0. The molecule has 0 radical (unpaired) electrons. The fraction of sp³-hybridized carbons (Fsp3) is 1.00. The van der Waals surface area contributed by atoms with E-state index < -0.39 is 0 Å². The molecule has 2 heteroatoms. The molecule has 0 bridgehead atoms. The van der Waals surface area contributed by atoms with Crippen LogP contribution in [-0.4, -0.2) is 36.1 Å². The van der Waals surface area contributed by atoms with Crippen molar-refractivity contribution in [1.82, 2.24) is 10.2 Å². The SMILES string of the molecule is CCCNC1CCC(CC)CC1N(CC(C)C)C(C)C. The van der Waals surface area contributed by atoms with Gasteiger partial charge in [0.15, 0.2) is 0 Å². The van der Waals surface area contributed by atoms with Crippen LogP contribution in [0, 0.1) is 11.8 Å². The van der Waals surface area contributed by atoms with Crippen LogP contribution >= 0.6 is 0 Å². The summed E-state index contributed by atoms with van der Waals surface area (Å²) < 4.78 is 0. The zero-order valence-electron chi connectivity index (χ0n) is 14.8. The van der Waals surface area contributed by atoms with Crippen LogP contribution < -0.4 is 5.32 Å². The standard InChI is InChI=1S/C18H38N2/c1-7-11-19-17-10-9-16(8-2)12-18(17)20(15(5)6)13-14(3)4/h14-19H,7-13H2,1-6H3. The van der Waals surface area contributed by atoms with Crippen molar-refractivity contribution in [3.05, 3.63) is 0 Å². The Bertz CT molecular complexity index is 250. The molecule has 0 aromatic heterocycles. The normalized spacial score (nSPS) is 27.8. The van der Waals surface area contributed by atoms with Gasteiger partial charge < -0.3 is 5.32 Å². The van der Waals surface area contributed by atoms with Crippen LogP contribution in [0.2, 0.25) is 0 Å². The van der Waals surface area contributed by atoms with E-state index in [2.05, 4.69) is 51.8 Å². The topological polar surface area (TPSA) is 15.3 Å². The van der Waals surface area contributed by atoms with E-state index in [0.717, 1.165) is 17.9 Å². The van der Waals surface area contributed by atoms with Gasteiger partial charge >= 0.3 is 0 Å². The molecule has 0 amide bonds. The van der Waals surface area contributed by atoms with Gasteiger partial charge in [-0.2, -0.15) is 0 Å². The maximum absolute atomic E-state index is 3.83. The lowest BCUT2D eigenvalue weighted by molar-refractivity contribution is 0.0604. The lowest BCUT2D eigenvalue weighted by atomic mass is 9.79. The minimum absolute atomic E-state index is 0.656. The van der Waals surface area contributed by atoms with Crippen LogP contribution in [0.15, 0.2) is 0 Å². The molecule has 120 valence electrons. The zero-order valence-corrected chi connectivity index (χ0v) is 14.8. The molecule has 0 saturated heterocycles. The highest BCUT2D eigenvalue weighted by atomic mass is 15.2. The van der Waals surface area contributed by atoms with Crippen LogP contribution in [0.5, 0.6) is 0 Å². The first-order valence-corrected chi connectivity index (χ1v) is 8.98. The van der Waals surface area contributed by atoms with E-state index in [9.17, 15) is 0 Å². The third-order valence-corrected chi connectivity index (χ3v) is 4.82. The van der Waals surface area contributed by atoms with E-state index in [1.165, 1.54) is 45.2 Å². The number of nitrogens with zero attached hydrogens (tertiary/aromatic N) is 1. The Balaban J connectivity index is 2.77. The van der Waals surface area contributed by atoms with E-state index >= 15 is 0 Å². The van der Waals surface area contributed by atoms with Crippen molar-refractivity contribution in [3.63, 3.8) is 0 Å². The average Bonchev–Trinajstić information content (AvgIpc) is 2.42. The second-order valence-corrected chi connectivity index (χ2v) is 7.40. The van der Waals surface area contributed by atoms with Crippen molar-refractivity contribution >= 4 is 0 Å². The Hall–Kier alpha value is -0.0800. The summed E-state index contributed by atoms with van der Waals surface area (Å²) in [5, 5.41) is 3.83. The molecular weight excluding hydrogens is 244 g/mol. The minimum Gasteiger partial charge on any atom is -0.312 e. The van der Waals surface area contributed by atoms with Gasteiger partial charge in [-0.25, -0.2) is 0 Å². The first-order chi connectivity index (χ1) is 9.49. The molecule has 0 heterocycles. The molecular formula is C18H38N2. The lowest BCUT2D eigenvalue weighted by Gasteiger charge is -2.45. The smallest absolute Gasteiger partial charge is 0.0254 e. The molecule has 1 aliphatic carbocycles. The Morgan fingerprint density at radius 2 is 1.80 bits per heavy atom. The molecule has 1 rings (SSSR count). The number of nitrogens with one attached hydrogen (secondary N) is 1. The summed E-state index contributed by atoms with van der Waals surface area (Å²) in [7, 11) is 0. The molecule has 3 atom stereocenters. The van der Waals surface area contributed by atoms with Crippen molar-refractivity contribution in [2.45, 2.75) is 91.8 Å². The number of hydrogen-bond acceptors (Lipinski definition) is 2. The van der Waals surface area contributed by atoms with E-state index in [1.54, 1.807) is 0 Å². The average molecular weight is 283 g/mol. The Kier molecular flexibility index (Phi) is 8.13. The van der Waals surface area contributed by atoms with Crippen LogP contribution in [0.4, 0.5) is 0 Å². The molecule has 0 aliphatic heterocycles. The first-order valence-electron chi connectivity index (χ1n) is 8.98. The van der Waals surface area contributed by atoms with E-state index in [4.69, 9.17) is 0 Å². The molecule has 2 nitrogen and oxygen atoms in total. The summed E-state index contributed by atoms with van der Waals surface area (Å²) in [6, 6.07) is 2.10. The van der Waals surface area contributed by atoms with Gasteiger partial charge in [0.25, 0.3) is 0 Å². The quantitative estimate of drug-likeness (QED) is 0.714. The molecule has 3 unspecified atom stereocenters. The third-order valence-electron chi connectivity index (χ3n) is 4.82. The van der Waals surface area contributed by atoms with Crippen LogP contribution in [0.25, 0.3) is 0 Å². The predicted molar refractivity (Wildman–Crippen MR) is 90.2 cm³/mol. The van der Waals surface area contributed by atoms with Crippen molar-refractivity contribution < 1.29 is 0 Å². The summed E-state index contributed by atoms with van der Waals surface area (Å²) in [6.07, 6.45) is 6.77. The summed E-state index contributed by atoms with van der Waals surface area (Å²) in [4.78, 5) is 2.78. The van der Waals surface area contributed by atoms with Crippen molar-refractivity contribution in [2.24, 2.45) is 11.8 Å². The van der Waals surface area contributed by atoms with Crippen LogP contribution in [0.1, 0.15) is 73.6 Å². The summed E-state index contributed by atoms with van der Waals surface area (Å²) in [5.41, 5.74) is 0. The van der Waals surface area contributed by atoms with E-state index in [0.29, 0.717) is 12.1 Å². The molecule has 0 spiro atoms. The van der Waals surface area contributed by atoms with Crippen LogP contribution in [0.3, 0.4) is 0 Å². The Labute approximate surface area is 127 Å². The maximum Gasteiger partial charge on any atom is 0.0254 e. The number of rotatable bonds is 8. The highest BCUT2D eigenvalue weighted by Gasteiger charge is 2.34. The monoisotopic (exact) mass is 282 g/mol. The molecule has 0 aromatic rings. The van der Waals surface area contributed by atoms with Gasteiger partial charge in [0.05, 0.1) is 0 Å². The zero-order chi connectivity index (χ0) is 15.1. The minimum atomic E-state index is 0.656. The van der Waals surface area contributed by atoms with Crippen molar-refractivity contribution in [2.75, 3.05) is 13.1 Å². The molecule has 1 fully saturated rings.